The Bertz CT molecular complexity index is 1060. The van der Waals surface area contributed by atoms with Gasteiger partial charge in [0.25, 0.3) is 0 Å². The van der Waals surface area contributed by atoms with Crippen molar-refractivity contribution < 1.29 is 20.4 Å². The number of nitrogens with two attached hydrogens (primary N) is 2. The fraction of sp³-hybridized carbons (Fsp3) is 0.375. The van der Waals surface area contributed by atoms with Crippen LogP contribution in [0.1, 0.15) is 36.5 Å². The van der Waals surface area contributed by atoms with Crippen molar-refractivity contribution in [1.82, 2.24) is 4.90 Å². The van der Waals surface area contributed by atoms with Crippen LogP contribution < -0.4 is 16.6 Å². The number of piperidine rings is 1. The molecule has 1 aliphatic heterocycles. The number of rotatable bonds is 7. The van der Waals surface area contributed by atoms with Gasteiger partial charge in [-0.2, -0.15) is 5.26 Å². The van der Waals surface area contributed by atoms with Crippen LogP contribution in [0.2, 0.25) is 0 Å². The maximum atomic E-state index is 10.6. The Hall–Kier alpha value is -3.29. The summed E-state index contributed by atoms with van der Waals surface area (Å²) in [6, 6.07) is 11.4. The maximum absolute atomic E-state index is 10.6. The topological polar surface area (TPSA) is 163 Å². The molecule has 0 amide bonds. The molecule has 2 aromatic carbocycles. The molecule has 1 fully saturated rings. The van der Waals surface area contributed by atoms with Crippen LogP contribution in [0.4, 0.5) is 5.69 Å². The van der Waals surface area contributed by atoms with E-state index in [1.807, 2.05) is 6.07 Å². The summed E-state index contributed by atoms with van der Waals surface area (Å²) >= 11 is 0. The van der Waals surface area contributed by atoms with Crippen molar-refractivity contribution in [3.05, 3.63) is 59.3 Å². The van der Waals surface area contributed by atoms with Crippen LogP contribution in [-0.4, -0.2) is 50.6 Å². The van der Waals surface area contributed by atoms with E-state index in [4.69, 9.17) is 16.8 Å². The third kappa shape index (κ3) is 5.74. The van der Waals surface area contributed by atoms with Crippen molar-refractivity contribution in [1.29, 1.82) is 5.26 Å². The standard InChI is InChI=1S/C24H31N5O4/c1-24(33,15-30)19-3-2-8-28(13-19)12-18-6-5-17(10-22(18)31)20(26)14-29(27)21-7-4-16(11-25)9-23(21)32/h4-7,9-10,14,19,30-33H,2-3,8,12-13,15,26-27H2,1H3/b20-14-/t19?,24-/m1/s1. The molecule has 9 heteroatoms. The zero-order valence-electron chi connectivity index (χ0n) is 18.6. The van der Waals surface area contributed by atoms with Gasteiger partial charge < -0.3 is 26.2 Å². The molecule has 1 unspecified atom stereocenters. The molecule has 0 bridgehead atoms. The van der Waals surface area contributed by atoms with Crippen LogP contribution in [0, 0.1) is 17.2 Å². The van der Waals surface area contributed by atoms with Crippen LogP contribution in [0.25, 0.3) is 5.70 Å². The van der Waals surface area contributed by atoms with Gasteiger partial charge in [0, 0.05) is 36.3 Å². The Kier molecular flexibility index (Phi) is 7.46. The summed E-state index contributed by atoms with van der Waals surface area (Å²) in [5, 5.41) is 50.6. The molecule has 33 heavy (non-hydrogen) atoms. The number of aliphatic hydroxyl groups excluding tert-OH is 1. The van der Waals surface area contributed by atoms with Gasteiger partial charge in [0.05, 0.1) is 35.2 Å². The largest absolute Gasteiger partial charge is 0.508 e. The lowest BCUT2D eigenvalue weighted by atomic mass is 9.83. The SMILES string of the molecule is C[C@@](O)(CO)C1CCCN(Cc2ccc(/C(N)=C/N(N)c3ccc(C#N)cc3O)cc2O)C1. The van der Waals surface area contributed by atoms with Gasteiger partial charge in [0.1, 0.15) is 11.5 Å². The van der Waals surface area contributed by atoms with E-state index >= 15 is 0 Å². The molecule has 1 aliphatic rings. The van der Waals surface area contributed by atoms with Gasteiger partial charge in [0.15, 0.2) is 0 Å². The number of anilines is 1. The Morgan fingerprint density at radius 3 is 2.67 bits per heavy atom. The van der Waals surface area contributed by atoms with Crippen molar-refractivity contribution in [3.8, 4) is 17.6 Å². The first-order valence-electron chi connectivity index (χ1n) is 10.8. The van der Waals surface area contributed by atoms with Crippen LogP contribution in [0.3, 0.4) is 0 Å². The van der Waals surface area contributed by atoms with Crippen LogP contribution >= 0.6 is 0 Å². The second-order valence-corrected chi connectivity index (χ2v) is 8.74. The number of phenolic OH excluding ortho intramolecular Hbond substituents is 2. The molecule has 1 heterocycles. The minimum absolute atomic E-state index is 0.0366. The molecule has 9 nitrogen and oxygen atoms in total. The predicted octanol–water partition coefficient (Wildman–Crippen LogP) is 1.56. The molecule has 2 aromatic rings. The van der Waals surface area contributed by atoms with E-state index in [9.17, 15) is 20.4 Å². The lowest BCUT2D eigenvalue weighted by Gasteiger charge is -2.39. The Morgan fingerprint density at radius 1 is 1.27 bits per heavy atom. The molecule has 8 N–H and O–H groups in total. The van der Waals surface area contributed by atoms with Gasteiger partial charge in [-0.05, 0) is 50.6 Å². The Balaban J connectivity index is 1.71. The monoisotopic (exact) mass is 453 g/mol. The average Bonchev–Trinajstić information content (AvgIpc) is 2.80. The number of aromatic hydroxyl groups is 2. The quantitative estimate of drug-likeness (QED) is 0.270. The van der Waals surface area contributed by atoms with Gasteiger partial charge >= 0.3 is 0 Å². The summed E-state index contributed by atoms with van der Waals surface area (Å²) in [6.07, 6.45) is 3.17. The molecule has 176 valence electrons. The van der Waals surface area contributed by atoms with E-state index in [0.29, 0.717) is 24.2 Å². The number of nitriles is 1. The minimum Gasteiger partial charge on any atom is -0.508 e. The molecule has 3 rings (SSSR count). The van der Waals surface area contributed by atoms with Crippen molar-refractivity contribution in [2.24, 2.45) is 17.5 Å². The van der Waals surface area contributed by atoms with Gasteiger partial charge in [-0.1, -0.05) is 12.1 Å². The Morgan fingerprint density at radius 2 is 2.03 bits per heavy atom. The molecule has 0 spiro atoms. The molecule has 1 saturated heterocycles. The average molecular weight is 454 g/mol. The summed E-state index contributed by atoms with van der Waals surface area (Å²) in [7, 11) is 0. The molecule has 0 aliphatic carbocycles. The van der Waals surface area contributed by atoms with Crippen molar-refractivity contribution in [3.63, 3.8) is 0 Å². The van der Waals surface area contributed by atoms with Crippen LogP contribution in [-0.2, 0) is 6.54 Å². The van der Waals surface area contributed by atoms with E-state index in [0.717, 1.165) is 30.0 Å². The highest BCUT2D eigenvalue weighted by Crippen LogP contribution is 2.31. The first-order valence-corrected chi connectivity index (χ1v) is 10.8. The molecule has 0 saturated carbocycles. The van der Waals surface area contributed by atoms with E-state index < -0.39 is 5.60 Å². The molecule has 2 atom stereocenters. The lowest BCUT2D eigenvalue weighted by Crippen LogP contribution is -2.47. The Labute approximate surface area is 193 Å². The van der Waals surface area contributed by atoms with Crippen molar-refractivity contribution >= 4 is 11.4 Å². The molecule has 0 radical (unpaired) electrons. The maximum Gasteiger partial charge on any atom is 0.141 e. The van der Waals surface area contributed by atoms with E-state index in [1.54, 1.807) is 25.1 Å². The number of nitrogens with zero attached hydrogens (tertiary/aromatic N) is 3. The third-order valence-corrected chi connectivity index (χ3v) is 6.18. The number of hydrogen-bond acceptors (Lipinski definition) is 9. The number of phenols is 2. The van der Waals surface area contributed by atoms with Crippen LogP contribution in [0.15, 0.2) is 42.6 Å². The van der Waals surface area contributed by atoms with Gasteiger partial charge in [-0.15, -0.1) is 0 Å². The number of benzene rings is 2. The summed E-state index contributed by atoms with van der Waals surface area (Å²) in [5.74, 6) is 5.90. The highest BCUT2D eigenvalue weighted by Gasteiger charge is 2.34. The number of likely N-dealkylation sites (tertiary alicyclic amines) is 1. The predicted molar refractivity (Wildman–Crippen MR) is 125 cm³/mol. The summed E-state index contributed by atoms with van der Waals surface area (Å²) < 4.78 is 0. The zero-order chi connectivity index (χ0) is 24.2. The summed E-state index contributed by atoms with van der Waals surface area (Å²) in [5.41, 5.74) is 7.17. The van der Waals surface area contributed by atoms with Crippen LogP contribution in [0.5, 0.6) is 11.5 Å². The normalized spacial score (nSPS) is 19.0. The molecular formula is C24H31N5O4. The number of aliphatic hydroxyl groups is 2. The highest BCUT2D eigenvalue weighted by atomic mass is 16.3. The minimum atomic E-state index is -1.12. The fourth-order valence-electron chi connectivity index (χ4n) is 4.06. The number of hydrazine groups is 1. The van der Waals surface area contributed by atoms with E-state index in [1.165, 1.54) is 24.4 Å². The first kappa shape index (κ1) is 24.4. The zero-order valence-corrected chi connectivity index (χ0v) is 18.6. The summed E-state index contributed by atoms with van der Waals surface area (Å²) in [6.45, 7) is 3.36. The third-order valence-electron chi connectivity index (χ3n) is 6.18. The smallest absolute Gasteiger partial charge is 0.141 e. The second-order valence-electron chi connectivity index (χ2n) is 8.74. The van der Waals surface area contributed by atoms with Crippen molar-refractivity contribution in [2.75, 3.05) is 24.7 Å². The molecular weight excluding hydrogens is 422 g/mol. The van der Waals surface area contributed by atoms with E-state index in [2.05, 4.69) is 4.90 Å². The van der Waals surface area contributed by atoms with E-state index in [-0.39, 0.29) is 35.4 Å². The van der Waals surface area contributed by atoms with Gasteiger partial charge in [0.2, 0.25) is 0 Å². The van der Waals surface area contributed by atoms with Gasteiger partial charge in [-0.3, -0.25) is 9.91 Å². The van der Waals surface area contributed by atoms with Gasteiger partial charge in [-0.25, -0.2) is 5.84 Å². The highest BCUT2D eigenvalue weighted by molar-refractivity contribution is 5.70. The second kappa shape index (κ2) is 10.1. The first-order chi connectivity index (χ1) is 15.6. The summed E-state index contributed by atoms with van der Waals surface area (Å²) in [4.78, 5) is 2.15. The lowest BCUT2D eigenvalue weighted by molar-refractivity contribution is -0.0697. The van der Waals surface area contributed by atoms with Crippen molar-refractivity contribution in [2.45, 2.75) is 31.9 Å². The fourth-order valence-corrected chi connectivity index (χ4v) is 4.06. The molecule has 0 aromatic heterocycles. The number of hydrogen-bond donors (Lipinski definition) is 6.